The summed E-state index contributed by atoms with van der Waals surface area (Å²) in [6.45, 7) is 0.861. The minimum atomic E-state index is 0.423. The molecule has 0 saturated carbocycles. The van der Waals surface area contributed by atoms with Gasteiger partial charge in [0, 0.05) is 12.1 Å². The van der Waals surface area contributed by atoms with Crippen LogP contribution in [-0.2, 0) is 0 Å². The molecule has 0 aromatic rings. The van der Waals surface area contributed by atoms with E-state index in [-0.39, 0.29) is 0 Å². The van der Waals surface area contributed by atoms with Crippen molar-refractivity contribution in [2.24, 2.45) is 15.9 Å². The molecule has 0 aromatic heterocycles. The van der Waals surface area contributed by atoms with Crippen molar-refractivity contribution in [3.05, 3.63) is 23.8 Å². The van der Waals surface area contributed by atoms with Gasteiger partial charge < -0.3 is 0 Å². The quantitative estimate of drug-likeness (QED) is 0.560. The van der Waals surface area contributed by atoms with E-state index < -0.39 is 0 Å². The summed E-state index contributed by atoms with van der Waals surface area (Å²) in [6, 6.07) is 0. The smallest absolute Gasteiger partial charge is 0.109 e. The molecule has 0 N–H and O–H groups in total. The van der Waals surface area contributed by atoms with Crippen LogP contribution in [0.1, 0.15) is 12.8 Å². The van der Waals surface area contributed by atoms with Crippen LogP contribution < -0.4 is 0 Å². The second-order valence-corrected chi connectivity index (χ2v) is 3.07. The molecule has 2 aliphatic rings. The van der Waals surface area contributed by atoms with Crippen LogP contribution in [0.25, 0.3) is 0 Å². The van der Waals surface area contributed by atoms with E-state index in [1.165, 1.54) is 18.4 Å². The zero-order chi connectivity index (χ0) is 8.23. The fourth-order valence-corrected chi connectivity index (χ4v) is 1.50. The number of rotatable bonds is 1. The average Bonchev–Trinajstić information content (AvgIpc) is 2.21. The van der Waals surface area contributed by atoms with Crippen LogP contribution in [0.4, 0.5) is 0 Å². The first-order valence-electron chi connectivity index (χ1n) is 4.35. The minimum Gasteiger partial charge on any atom is -0.272 e. The van der Waals surface area contributed by atoms with E-state index in [1.807, 2.05) is 6.21 Å². The van der Waals surface area contributed by atoms with Gasteiger partial charge in [-0.25, -0.2) is 4.99 Å². The highest BCUT2D eigenvalue weighted by molar-refractivity contribution is 5.79. The molecule has 0 fully saturated rings. The molecular weight excluding hydrogens is 148 g/mol. The molecule has 62 valence electrons. The number of nitrogens with zero attached hydrogens (tertiary/aromatic N) is 2. The number of aliphatic imine (C=N–C) groups is 2. The average molecular weight is 160 g/mol. The van der Waals surface area contributed by atoms with Gasteiger partial charge in [0.15, 0.2) is 0 Å². The summed E-state index contributed by atoms with van der Waals surface area (Å²) in [7, 11) is 0. The van der Waals surface area contributed by atoms with E-state index >= 15 is 0 Å². The highest BCUT2D eigenvalue weighted by Crippen LogP contribution is 2.18. The Morgan fingerprint density at radius 1 is 1.33 bits per heavy atom. The topological polar surface area (TPSA) is 24.7 Å². The van der Waals surface area contributed by atoms with Gasteiger partial charge in [-0.15, -0.1) is 0 Å². The van der Waals surface area contributed by atoms with Gasteiger partial charge in [0.2, 0.25) is 0 Å². The lowest BCUT2D eigenvalue weighted by molar-refractivity contribution is 0.819. The van der Waals surface area contributed by atoms with Crippen molar-refractivity contribution in [2.45, 2.75) is 12.8 Å². The fraction of sp³-hybridized carbons (Fsp3) is 0.400. The van der Waals surface area contributed by atoms with Crippen LogP contribution >= 0.6 is 0 Å². The summed E-state index contributed by atoms with van der Waals surface area (Å²) in [5, 5.41) is 0. The third-order valence-electron chi connectivity index (χ3n) is 2.17. The number of hydrogen-bond acceptors (Lipinski definition) is 2. The number of allylic oxidation sites excluding steroid dienone is 3. The Morgan fingerprint density at radius 3 is 3.00 bits per heavy atom. The maximum absolute atomic E-state index is 4.14. The molecule has 2 nitrogen and oxygen atoms in total. The first-order valence-corrected chi connectivity index (χ1v) is 4.35. The molecule has 0 spiro atoms. The molecule has 12 heavy (non-hydrogen) atoms. The van der Waals surface area contributed by atoms with Gasteiger partial charge >= 0.3 is 0 Å². The maximum atomic E-state index is 4.14. The van der Waals surface area contributed by atoms with Gasteiger partial charge in [-0.3, -0.25) is 4.99 Å². The molecule has 0 bridgehead atoms. The molecule has 0 amide bonds. The van der Waals surface area contributed by atoms with E-state index in [0.29, 0.717) is 5.92 Å². The van der Waals surface area contributed by atoms with Crippen molar-refractivity contribution < 1.29 is 0 Å². The second kappa shape index (κ2) is 3.48. The predicted molar refractivity (Wildman–Crippen MR) is 51.8 cm³/mol. The Labute approximate surface area is 72.4 Å². The van der Waals surface area contributed by atoms with Crippen LogP contribution in [0.5, 0.6) is 0 Å². The standard InChI is InChI=1S/C10H12N2/c1-2-4-9(5-3-1)10-6-11-8-12-7-10/h2,4-6,8,10H,1,3,7H2. The van der Waals surface area contributed by atoms with Gasteiger partial charge in [-0.1, -0.05) is 18.2 Å². The van der Waals surface area contributed by atoms with E-state index in [1.54, 1.807) is 6.34 Å². The Bertz CT molecular complexity index is 272. The lowest BCUT2D eigenvalue weighted by Crippen LogP contribution is -2.12. The first-order chi connectivity index (χ1) is 5.97. The van der Waals surface area contributed by atoms with Crippen LogP contribution in [0.3, 0.4) is 0 Å². The third-order valence-corrected chi connectivity index (χ3v) is 2.17. The zero-order valence-corrected chi connectivity index (χ0v) is 6.98. The summed E-state index contributed by atoms with van der Waals surface area (Å²) in [5.41, 5.74) is 1.38. The van der Waals surface area contributed by atoms with E-state index in [0.717, 1.165) is 6.54 Å². The molecule has 1 aliphatic carbocycles. The molecule has 1 aliphatic heterocycles. The van der Waals surface area contributed by atoms with Crippen LogP contribution in [0.15, 0.2) is 33.8 Å². The minimum absolute atomic E-state index is 0.423. The SMILES string of the molecule is C1=CC(C2C=NC=NC2)=CCC1. The second-order valence-electron chi connectivity index (χ2n) is 3.07. The van der Waals surface area contributed by atoms with E-state index in [4.69, 9.17) is 0 Å². The molecule has 0 radical (unpaired) electrons. The van der Waals surface area contributed by atoms with Crippen molar-refractivity contribution in [1.82, 2.24) is 0 Å². The molecule has 2 heteroatoms. The van der Waals surface area contributed by atoms with Gasteiger partial charge in [0.1, 0.15) is 6.34 Å². The lowest BCUT2D eigenvalue weighted by atomic mass is 9.95. The molecule has 0 aromatic carbocycles. The van der Waals surface area contributed by atoms with Gasteiger partial charge in [-0.2, -0.15) is 0 Å². The van der Waals surface area contributed by atoms with Crippen LogP contribution in [0, 0.1) is 5.92 Å². The molecule has 0 saturated heterocycles. The highest BCUT2D eigenvalue weighted by atomic mass is 14.9. The fourth-order valence-electron chi connectivity index (χ4n) is 1.50. The molecule has 2 rings (SSSR count). The summed E-state index contributed by atoms with van der Waals surface area (Å²) in [5.74, 6) is 0.423. The molecular formula is C10H12N2. The number of hydrogen-bond donors (Lipinski definition) is 0. The summed E-state index contributed by atoms with van der Waals surface area (Å²) in [4.78, 5) is 8.18. The van der Waals surface area contributed by atoms with Gasteiger partial charge in [0.25, 0.3) is 0 Å². The summed E-state index contributed by atoms with van der Waals surface area (Å²) < 4.78 is 0. The van der Waals surface area contributed by atoms with Crippen molar-refractivity contribution in [3.63, 3.8) is 0 Å². The van der Waals surface area contributed by atoms with Crippen molar-refractivity contribution in [3.8, 4) is 0 Å². The zero-order valence-electron chi connectivity index (χ0n) is 6.98. The van der Waals surface area contributed by atoms with Gasteiger partial charge in [0.05, 0.1) is 6.54 Å². The lowest BCUT2D eigenvalue weighted by Gasteiger charge is -2.15. The maximum Gasteiger partial charge on any atom is 0.109 e. The van der Waals surface area contributed by atoms with Crippen molar-refractivity contribution in [1.29, 1.82) is 0 Å². The highest BCUT2D eigenvalue weighted by Gasteiger charge is 2.11. The normalized spacial score (nSPS) is 27.3. The Hall–Kier alpha value is -1.18. The van der Waals surface area contributed by atoms with E-state index in [2.05, 4.69) is 28.2 Å². The monoisotopic (exact) mass is 160 g/mol. The molecule has 1 unspecified atom stereocenters. The first kappa shape index (κ1) is 7.47. The predicted octanol–water partition coefficient (Wildman–Crippen LogP) is 1.99. The Kier molecular flexibility index (Phi) is 2.16. The summed E-state index contributed by atoms with van der Waals surface area (Å²) >= 11 is 0. The van der Waals surface area contributed by atoms with Crippen LogP contribution in [-0.4, -0.2) is 19.1 Å². The van der Waals surface area contributed by atoms with Crippen LogP contribution in [0.2, 0.25) is 0 Å². The Balaban J connectivity index is 2.09. The van der Waals surface area contributed by atoms with E-state index in [9.17, 15) is 0 Å². The molecule has 1 heterocycles. The largest absolute Gasteiger partial charge is 0.272 e. The third kappa shape index (κ3) is 1.52. The van der Waals surface area contributed by atoms with Crippen molar-refractivity contribution >= 4 is 12.6 Å². The van der Waals surface area contributed by atoms with Crippen molar-refractivity contribution in [2.75, 3.05) is 6.54 Å². The Morgan fingerprint density at radius 2 is 2.33 bits per heavy atom. The molecule has 1 atom stereocenters. The van der Waals surface area contributed by atoms with Gasteiger partial charge in [-0.05, 0) is 18.4 Å². The summed E-state index contributed by atoms with van der Waals surface area (Å²) in [6.07, 6.45) is 12.7.